The highest BCUT2D eigenvalue weighted by Gasteiger charge is 2.52. The van der Waals surface area contributed by atoms with Gasteiger partial charge in [-0.25, -0.2) is 0 Å². The van der Waals surface area contributed by atoms with Crippen molar-refractivity contribution in [3.63, 3.8) is 0 Å². The number of rotatable bonds is 1. The highest BCUT2D eigenvalue weighted by atomic mass is 16.3. The van der Waals surface area contributed by atoms with Gasteiger partial charge in [-0.1, -0.05) is 125 Å². The van der Waals surface area contributed by atoms with E-state index in [1.165, 1.54) is 60.9 Å². The first-order valence-corrected chi connectivity index (χ1v) is 17.7. The van der Waals surface area contributed by atoms with E-state index in [0.717, 1.165) is 29.9 Å². The Hall–Kier alpha value is -4.24. The van der Waals surface area contributed by atoms with Gasteiger partial charge in [0, 0.05) is 34.9 Å². The van der Waals surface area contributed by atoms with E-state index in [4.69, 9.17) is 4.42 Å². The average Bonchev–Trinajstić information content (AvgIpc) is 3.60. The van der Waals surface area contributed by atoms with Crippen LogP contribution in [0.2, 0.25) is 0 Å². The number of hydrogen-bond acceptors (Lipinski definition) is 2. The van der Waals surface area contributed by atoms with Crippen LogP contribution in [0.3, 0.4) is 0 Å². The van der Waals surface area contributed by atoms with Gasteiger partial charge in [-0.05, 0) is 86.3 Å². The molecular formula is C44H41BO2. The molecule has 3 heterocycles. The summed E-state index contributed by atoms with van der Waals surface area (Å²) in [5.41, 5.74) is 19.5. The Balaban J connectivity index is 1.32. The van der Waals surface area contributed by atoms with Gasteiger partial charge in [0.15, 0.2) is 0 Å². The van der Waals surface area contributed by atoms with Crippen molar-refractivity contribution in [3.05, 3.63) is 128 Å². The highest BCUT2D eigenvalue weighted by molar-refractivity contribution is 6.99. The van der Waals surface area contributed by atoms with Crippen molar-refractivity contribution in [1.29, 1.82) is 0 Å². The van der Waals surface area contributed by atoms with Crippen molar-refractivity contribution in [2.24, 2.45) is 17.8 Å². The predicted molar refractivity (Wildman–Crippen MR) is 195 cm³/mol. The second-order valence-electron chi connectivity index (χ2n) is 16.4. The van der Waals surface area contributed by atoms with E-state index in [1.54, 1.807) is 11.1 Å². The lowest BCUT2D eigenvalue weighted by molar-refractivity contribution is 0.337. The number of hydrogen-bond donors (Lipinski definition) is 1. The molecule has 0 amide bonds. The summed E-state index contributed by atoms with van der Waals surface area (Å²) in [7, 11) is 0. The number of para-hydroxylation sites is 1. The minimum Gasteiger partial charge on any atom is -0.508 e. The molecule has 10 rings (SSSR count). The Bertz CT molecular complexity index is 2210. The van der Waals surface area contributed by atoms with Crippen molar-refractivity contribution in [2.45, 2.75) is 71.6 Å². The predicted octanol–water partition coefficient (Wildman–Crippen LogP) is 10.1. The number of allylic oxidation sites excluding steroid dienone is 5. The fourth-order valence-corrected chi connectivity index (χ4v) is 10.1. The summed E-state index contributed by atoms with van der Waals surface area (Å²) < 4.78 is 6.87. The van der Waals surface area contributed by atoms with Gasteiger partial charge in [0.05, 0.1) is 0 Å². The normalized spacial score (nSPS) is 25.8. The molecule has 1 aromatic heterocycles. The molecule has 47 heavy (non-hydrogen) atoms. The summed E-state index contributed by atoms with van der Waals surface area (Å²) in [5, 5.41) is 11.1. The van der Waals surface area contributed by atoms with Crippen molar-refractivity contribution in [1.82, 2.24) is 0 Å². The third-order valence-corrected chi connectivity index (χ3v) is 12.6. The van der Waals surface area contributed by atoms with Crippen molar-refractivity contribution in [2.75, 3.05) is 0 Å². The molecule has 5 atom stereocenters. The molecule has 0 saturated carbocycles. The topological polar surface area (TPSA) is 33.4 Å². The van der Waals surface area contributed by atoms with Crippen LogP contribution in [0.1, 0.15) is 110 Å². The van der Waals surface area contributed by atoms with E-state index in [2.05, 4.69) is 108 Å². The van der Waals surface area contributed by atoms with Crippen molar-refractivity contribution < 1.29 is 9.52 Å². The number of furan rings is 1. The third-order valence-electron chi connectivity index (χ3n) is 12.6. The van der Waals surface area contributed by atoms with Gasteiger partial charge in [0.1, 0.15) is 17.3 Å². The largest absolute Gasteiger partial charge is 0.508 e. The lowest BCUT2D eigenvalue weighted by Crippen LogP contribution is -2.47. The Morgan fingerprint density at radius 2 is 1.66 bits per heavy atom. The quantitative estimate of drug-likeness (QED) is 0.217. The maximum absolute atomic E-state index is 11.1. The molecule has 0 bridgehead atoms. The maximum Gasteiger partial charge on any atom is 0.243 e. The molecular weight excluding hydrogens is 571 g/mol. The van der Waals surface area contributed by atoms with Crippen LogP contribution in [0.15, 0.2) is 82.2 Å². The van der Waals surface area contributed by atoms with Crippen LogP contribution in [-0.4, -0.2) is 11.8 Å². The van der Waals surface area contributed by atoms with Crippen molar-refractivity contribution >= 4 is 35.4 Å². The van der Waals surface area contributed by atoms with E-state index in [0.29, 0.717) is 29.4 Å². The number of fused-ring (bicyclic) bond motifs is 8. The number of aromatic hydroxyl groups is 1. The first kappa shape index (κ1) is 27.8. The third kappa shape index (κ3) is 3.58. The molecule has 4 aliphatic carbocycles. The van der Waals surface area contributed by atoms with Crippen LogP contribution >= 0.6 is 0 Å². The number of phenolic OH excluding ortho intramolecular Hbond substituents is 1. The molecule has 3 aromatic carbocycles. The molecule has 2 aliphatic heterocycles. The second kappa shape index (κ2) is 9.22. The van der Waals surface area contributed by atoms with Crippen LogP contribution in [0, 0.1) is 17.8 Å². The van der Waals surface area contributed by atoms with Gasteiger partial charge in [-0.2, -0.15) is 0 Å². The van der Waals surface area contributed by atoms with Gasteiger partial charge in [-0.15, -0.1) is 0 Å². The molecule has 0 spiro atoms. The van der Waals surface area contributed by atoms with Crippen LogP contribution < -0.4 is 5.46 Å². The van der Waals surface area contributed by atoms with Gasteiger partial charge >= 0.3 is 0 Å². The molecule has 4 aromatic rings. The summed E-state index contributed by atoms with van der Waals surface area (Å²) in [6, 6.07) is 19.9. The van der Waals surface area contributed by atoms with Crippen molar-refractivity contribution in [3.8, 4) is 16.9 Å². The molecule has 2 nitrogen and oxygen atoms in total. The van der Waals surface area contributed by atoms with E-state index >= 15 is 0 Å². The standard InChI is InChI=1S/C44H41BO2/c1-22-14-15-29-37(16-22)47-38-21-35-41-31(17-23(2)24(3)39(41)42(29)38)33-19-25(44(4,5)6)18-32-28-12-9-11-27-30(26-10-7-8-13-36(26)46)20-34(40(27)28)45(35)43(32)33/h7-15,18-24,30,39,46H,16-17H2,1-6H3. The Morgan fingerprint density at radius 3 is 2.47 bits per heavy atom. The van der Waals surface area contributed by atoms with Gasteiger partial charge < -0.3 is 9.52 Å². The zero-order valence-electron chi connectivity index (χ0n) is 28.2. The first-order valence-electron chi connectivity index (χ1n) is 17.7. The maximum atomic E-state index is 11.1. The van der Waals surface area contributed by atoms with Crippen LogP contribution in [0.4, 0.5) is 0 Å². The van der Waals surface area contributed by atoms with E-state index < -0.39 is 0 Å². The molecule has 5 unspecified atom stereocenters. The monoisotopic (exact) mass is 612 g/mol. The Morgan fingerprint density at radius 1 is 0.872 bits per heavy atom. The van der Waals surface area contributed by atoms with E-state index in [-0.39, 0.29) is 18.0 Å². The zero-order chi connectivity index (χ0) is 32.1. The average molecular weight is 613 g/mol. The lowest BCUT2D eigenvalue weighted by atomic mass is 9.27. The van der Waals surface area contributed by atoms with Gasteiger partial charge in [0.2, 0.25) is 6.71 Å². The number of phenols is 1. The summed E-state index contributed by atoms with van der Waals surface area (Å²) in [4.78, 5) is 0. The second-order valence-corrected chi connectivity index (χ2v) is 16.4. The minimum atomic E-state index is 0.0137. The van der Waals surface area contributed by atoms with Crippen LogP contribution in [0.25, 0.3) is 34.3 Å². The molecule has 0 radical (unpaired) electrons. The fraction of sp³-hybridized carbons (Fsp3) is 0.318. The van der Waals surface area contributed by atoms with Crippen LogP contribution in [0.5, 0.6) is 5.75 Å². The fourth-order valence-electron chi connectivity index (χ4n) is 10.1. The summed E-state index contributed by atoms with van der Waals surface area (Å²) >= 11 is 0. The number of benzene rings is 3. The SMILES string of the molecule is CC1C=Cc2c(oc3c2C2C4=C(CC(C)C2C)c2cc(C(C)(C)C)cc5c2B(C4=C3)C2=CC(c3ccccc3O)c3cccc-5c32)C1. The minimum absolute atomic E-state index is 0.0137. The summed E-state index contributed by atoms with van der Waals surface area (Å²) in [6.45, 7) is 14.5. The van der Waals surface area contributed by atoms with Gasteiger partial charge in [0.25, 0.3) is 0 Å². The molecule has 3 heteroatoms. The van der Waals surface area contributed by atoms with Crippen LogP contribution in [-0.2, 0) is 11.8 Å². The van der Waals surface area contributed by atoms with Gasteiger partial charge in [-0.3, -0.25) is 0 Å². The summed E-state index contributed by atoms with van der Waals surface area (Å²) in [5.74, 6) is 4.52. The molecule has 6 aliphatic rings. The molecule has 232 valence electrons. The smallest absolute Gasteiger partial charge is 0.243 e. The highest BCUT2D eigenvalue weighted by Crippen LogP contribution is 2.61. The van der Waals surface area contributed by atoms with E-state index in [9.17, 15) is 5.11 Å². The molecule has 0 saturated heterocycles. The Kier molecular flexibility index (Phi) is 5.46. The molecule has 0 fully saturated rings. The zero-order valence-corrected chi connectivity index (χ0v) is 28.2. The Labute approximate surface area is 278 Å². The molecule has 1 N–H and O–H groups in total. The first-order chi connectivity index (χ1) is 22.6. The summed E-state index contributed by atoms with van der Waals surface area (Å²) in [6.07, 6.45) is 11.8. The lowest BCUT2D eigenvalue weighted by Gasteiger charge is -2.47. The van der Waals surface area contributed by atoms with E-state index in [1.807, 2.05) is 12.1 Å².